The van der Waals surface area contributed by atoms with Crippen LogP contribution >= 0.6 is 23.2 Å². The minimum atomic E-state index is -4.01. The highest BCUT2D eigenvalue weighted by Gasteiger charge is 2.31. The molecule has 6 nitrogen and oxygen atoms in total. The molecule has 19 heavy (non-hydrogen) atoms. The maximum Gasteiger partial charge on any atom is 0.336 e. The zero-order chi connectivity index (χ0) is 14.8. The van der Waals surface area contributed by atoms with Crippen LogP contribution in [-0.4, -0.2) is 36.7 Å². The van der Waals surface area contributed by atoms with Crippen molar-refractivity contribution in [2.75, 3.05) is 6.54 Å². The molecule has 0 saturated carbocycles. The van der Waals surface area contributed by atoms with Gasteiger partial charge in [0.2, 0.25) is 10.0 Å². The summed E-state index contributed by atoms with van der Waals surface area (Å²) in [6.07, 6.45) is 0. The van der Waals surface area contributed by atoms with Crippen molar-refractivity contribution < 1.29 is 23.4 Å². The van der Waals surface area contributed by atoms with E-state index in [2.05, 4.69) is 0 Å². The molecule has 0 heterocycles. The van der Waals surface area contributed by atoms with Crippen LogP contribution in [0.25, 0.3) is 0 Å². The fourth-order valence-electron chi connectivity index (χ4n) is 1.08. The number of aliphatic carboxylic acids is 1. The summed E-state index contributed by atoms with van der Waals surface area (Å²) in [7, 11) is -4.01. The number of carboxylic acid groups (broad SMARTS) is 1. The lowest BCUT2D eigenvalue weighted by Crippen LogP contribution is -2.46. The van der Waals surface area contributed by atoms with Crippen LogP contribution in [0.1, 0.15) is 6.92 Å². The van der Waals surface area contributed by atoms with Gasteiger partial charge in [-0.05, 0) is 25.1 Å². The van der Waals surface area contributed by atoms with Crippen molar-refractivity contribution in [3.63, 3.8) is 0 Å². The summed E-state index contributed by atoms with van der Waals surface area (Å²) in [5, 5.41) is 18.3. The zero-order valence-corrected chi connectivity index (χ0v) is 12.1. The summed E-state index contributed by atoms with van der Waals surface area (Å²) < 4.78 is 25.7. The number of carboxylic acids is 1. The van der Waals surface area contributed by atoms with Gasteiger partial charge in [0.15, 0.2) is 5.60 Å². The Bertz CT molecular complexity index is 580. The second-order valence-electron chi connectivity index (χ2n) is 4.01. The molecule has 0 radical (unpaired) electrons. The smallest absolute Gasteiger partial charge is 0.336 e. The Morgan fingerprint density at radius 2 is 1.79 bits per heavy atom. The van der Waals surface area contributed by atoms with Gasteiger partial charge in [-0.2, -0.15) is 0 Å². The molecule has 0 fully saturated rings. The Morgan fingerprint density at radius 1 is 1.32 bits per heavy atom. The number of nitrogens with one attached hydrogen (secondary N) is 1. The highest BCUT2D eigenvalue weighted by atomic mass is 35.5. The summed E-state index contributed by atoms with van der Waals surface area (Å²) in [6.45, 7) is 0.289. The topological polar surface area (TPSA) is 104 Å². The van der Waals surface area contributed by atoms with Gasteiger partial charge in [-0.25, -0.2) is 17.9 Å². The molecule has 0 spiro atoms. The summed E-state index contributed by atoms with van der Waals surface area (Å²) in [4.78, 5) is 10.4. The van der Waals surface area contributed by atoms with Gasteiger partial charge in [0, 0.05) is 10.0 Å². The van der Waals surface area contributed by atoms with Gasteiger partial charge in [0.1, 0.15) is 0 Å². The fourth-order valence-corrected chi connectivity index (χ4v) is 2.94. The van der Waals surface area contributed by atoms with E-state index in [1.165, 1.54) is 6.07 Å². The number of sulfonamides is 1. The van der Waals surface area contributed by atoms with Crippen LogP contribution in [-0.2, 0) is 14.8 Å². The van der Waals surface area contributed by atoms with Crippen molar-refractivity contribution in [1.29, 1.82) is 0 Å². The maximum absolute atomic E-state index is 11.9. The molecular weight excluding hydrogens is 317 g/mol. The van der Waals surface area contributed by atoms with Gasteiger partial charge in [-0.1, -0.05) is 23.2 Å². The van der Waals surface area contributed by atoms with Gasteiger partial charge in [0.25, 0.3) is 0 Å². The Balaban J connectivity index is 2.97. The molecule has 106 valence electrons. The molecule has 0 bridgehead atoms. The average molecular weight is 328 g/mol. The Labute approximate surface area is 120 Å². The number of hydrogen-bond donors (Lipinski definition) is 3. The van der Waals surface area contributed by atoms with Gasteiger partial charge < -0.3 is 10.2 Å². The minimum Gasteiger partial charge on any atom is -0.479 e. The maximum atomic E-state index is 11.9. The summed E-state index contributed by atoms with van der Waals surface area (Å²) in [5.41, 5.74) is -2.21. The van der Waals surface area contributed by atoms with Crippen LogP contribution in [0, 0.1) is 0 Å². The molecule has 0 amide bonds. The Hall–Kier alpha value is -0.860. The van der Waals surface area contributed by atoms with E-state index in [1.807, 2.05) is 4.72 Å². The summed E-state index contributed by atoms with van der Waals surface area (Å²) in [5.74, 6) is -1.54. The van der Waals surface area contributed by atoms with E-state index in [9.17, 15) is 18.3 Å². The molecule has 9 heteroatoms. The first-order valence-electron chi connectivity index (χ1n) is 4.96. The standard InChI is InChI=1S/C10H11Cl2NO5S/c1-10(16,9(14)15)5-13-19(17,18)8-3-6(11)2-7(12)4-8/h2-4,13,16H,5H2,1H3,(H,14,15). The number of carbonyl (C=O) groups is 1. The van der Waals surface area contributed by atoms with Crippen molar-refractivity contribution in [3.8, 4) is 0 Å². The van der Waals surface area contributed by atoms with Crippen molar-refractivity contribution in [2.24, 2.45) is 0 Å². The quantitative estimate of drug-likeness (QED) is 0.751. The van der Waals surface area contributed by atoms with Crippen molar-refractivity contribution in [3.05, 3.63) is 28.2 Å². The minimum absolute atomic E-state index is 0.123. The van der Waals surface area contributed by atoms with E-state index < -0.39 is 28.1 Å². The molecular formula is C10H11Cl2NO5S. The van der Waals surface area contributed by atoms with Crippen LogP contribution in [0.2, 0.25) is 10.0 Å². The molecule has 1 atom stereocenters. The van der Waals surface area contributed by atoms with Crippen molar-refractivity contribution >= 4 is 39.2 Å². The summed E-state index contributed by atoms with van der Waals surface area (Å²) >= 11 is 11.4. The van der Waals surface area contributed by atoms with Gasteiger partial charge >= 0.3 is 5.97 Å². The molecule has 1 unspecified atom stereocenters. The SMILES string of the molecule is CC(O)(CNS(=O)(=O)c1cc(Cl)cc(Cl)c1)C(=O)O. The monoisotopic (exact) mass is 327 g/mol. The highest BCUT2D eigenvalue weighted by Crippen LogP contribution is 2.22. The van der Waals surface area contributed by atoms with Crippen molar-refractivity contribution in [1.82, 2.24) is 4.72 Å². The van der Waals surface area contributed by atoms with E-state index in [0.717, 1.165) is 19.1 Å². The lowest BCUT2D eigenvalue weighted by atomic mass is 10.1. The highest BCUT2D eigenvalue weighted by molar-refractivity contribution is 7.89. The van der Waals surface area contributed by atoms with Crippen LogP contribution < -0.4 is 4.72 Å². The lowest BCUT2D eigenvalue weighted by molar-refractivity contribution is -0.155. The molecule has 0 aliphatic rings. The number of rotatable bonds is 5. The Kier molecular flexibility index (Phi) is 4.81. The molecule has 0 aromatic heterocycles. The van der Waals surface area contributed by atoms with E-state index in [0.29, 0.717) is 0 Å². The molecule has 1 aromatic rings. The first kappa shape index (κ1) is 16.2. The normalized spacial score (nSPS) is 14.9. The number of halogens is 2. The molecule has 1 aromatic carbocycles. The molecule has 0 saturated heterocycles. The van der Waals surface area contributed by atoms with Crippen molar-refractivity contribution in [2.45, 2.75) is 17.4 Å². The second-order valence-corrected chi connectivity index (χ2v) is 6.65. The predicted molar refractivity (Wildman–Crippen MR) is 69.9 cm³/mol. The molecule has 0 aliphatic carbocycles. The third kappa shape index (κ3) is 4.32. The van der Waals surface area contributed by atoms with E-state index in [1.54, 1.807) is 0 Å². The van der Waals surface area contributed by atoms with Crippen LogP contribution in [0.4, 0.5) is 0 Å². The lowest BCUT2D eigenvalue weighted by Gasteiger charge is -2.18. The second kappa shape index (κ2) is 5.64. The first-order valence-corrected chi connectivity index (χ1v) is 7.20. The third-order valence-electron chi connectivity index (χ3n) is 2.21. The summed E-state index contributed by atoms with van der Waals surface area (Å²) in [6, 6.07) is 3.67. The average Bonchev–Trinajstić information content (AvgIpc) is 2.25. The van der Waals surface area contributed by atoms with Gasteiger partial charge in [0.05, 0.1) is 11.4 Å². The zero-order valence-electron chi connectivity index (χ0n) is 9.72. The predicted octanol–water partition coefficient (Wildman–Crippen LogP) is 1.11. The van der Waals surface area contributed by atoms with Crippen LogP contribution in [0.15, 0.2) is 23.1 Å². The van der Waals surface area contributed by atoms with Crippen LogP contribution in [0.5, 0.6) is 0 Å². The van der Waals surface area contributed by atoms with Gasteiger partial charge in [-0.3, -0.25) is 0 Å². The van der Waals surface area contributed by atoms with E-state index in [4.69, 9.17) is 28.3 Å². The van der Waals surface area contributed by atoms with Crippen LogP contribution in [0.3, 0.4) is 0 Å². The largest absolute Gasteiger partial charge is 0.479 e. The third-order valence-corrected chi connectivity index (χ3v) is 4.03. The number of benzene rings is 1. The fraction of sp³-hybridized carbons (Fsp3) is 0.300. The van der Waals surface area contributed by atoms with E-state index >= 15 is 0 Å². The molecule has 1 rings (SSSR count). The first-order chi connectivity index (χ1) is 8.54. The molecule has 0 aliphatic heterocycles. The Morgan fingerprint density at radius 3 is 2.21 bits per heavy atom. The van der Waals surface area contributed by atoms with Gasteiger partial charge in [-0.15, -0.1) is 0 Å². The number of aliphatic hydroxyl groups is 1. The van der Waals surface area contributed by atoms with E-state index in [-0.39, 0.29) is 14.9 Å². The number of hydrogen-bond acceptors (Lipinski definition) is 4. The molecule has 3 N–H and O–H groups in total.